The maximum atomic E-state index is 11.7. The van der Waals surface area contributed by atoms with Crippen LogP contribution in [0.3, 0.4) is 0 Å². The quantitative estimate of drug-likeness (QED) is 0.718. The van der Waals surface area contributed by atoms with Gasteiger partial charge in [0, 0.05) is 37.2 Å². The Morgan fingerprint density at radius 2 is 2.00 bits per heavy atom. The number of nitrogens with zero attached hydrogens (tertiary/aromatic N) is 3. The highest BCUT2D eigenvalue weighted by molar-refractivity contribution is 7.91. The first kappa shape index (κ1) is 17.9. The molecule has 2 saturated heterocycles. The van der Waals surface area contributed by atoms with Gasteiger partial charge in [-0.05, 0) is 36.8 Å². The van der Waals surface area contributed by atoms with E-state index in [1.807, 2.05) is 18.2 Å². The molecule has 136 valence electrons. The number of hydrogen-bond donors (Lipinski definition) is 0. The minimum atomic E-state index is -2.82. The van der Waals surface area contributed by atoms with Crippen molar-refractivity contribution in [3.63, 3.8) is 0 Å². The molecule has 9 heteroatoms. The van der Waals surface area contributed by atoms with Crippen LogP contribution >= 0.6 is 35.2 Å². The first-order chi connectivity index (χ1) is 11.9. The number of sulfone groups is 1. The lowest BCUT2D eigenvalue weighted by molar-refractivity contribution is 0.0857. The lowest BCUT2D eigenvalue weighted by atomic mass is 10.2. The Morgan fingerprint density at radius 1 is 1.24 bits per heavy atom. The molecule has 3 heterocycles. The Hall–Kier alpha value is -0.510. The van der Waals surface area contributed by atoms with Gasteiger partial charge in [0.05, 0.1) is 28.4 Å². The van der Waals surface area contributed by atoms with Crippen molar-refractivity contribution >= 4 is 55.2 Å². The normalized spacial score (nSPS) is 24.9. The summed E-state index contributed by atoms with van der Waals surface area (Å²) >= 11 is 13.3. The molecule has 1 atom stereocenters. The lowest BCUT2D eigenvalue weighted by Crippen LogP contribution is -2.50. The Balaban J connectivity index is 1.43. The van der Waals surface area contributed by atoms with Gasteiger partial charge in [-0.1, -0.05) is 11.6 Å². The molecular formula is C16H20ClN3O2S3. The summed E-state index contributed by atoms with van der Waals surface area (Å²) in [6, 6.07) is 6.10. The number of halogens is 1. The Labute approximate surface area is 161 Å². The highest BCUT2D eigenvalue weighted by Crippen LogP contribution is 2.27. The van der Waals surface area contributed by atoms with Crippen LogP contribution in [-0.4, -0.2) is 66.5 Å². The molecule has 0 spiro atoms. The molecule has 5 nitrogen and oxygen atoms in total. The number of hydrogen-bond acceptors (Lipinski definition) is 6. The standard InChI is InChI=1S/C16H20ClN3O2S3/c17-12-1-2-15-14(9-12)20(16(23)24-15)11-18-4-6-19(7-5-18)13-3-8-25(21,22)10-13/h1-2,9,13H,3-8,10-11H2/t13-/m1/s1. The van der Waals surface area contributed by atoms with E-state index in [1.165, 1.54) is 0 Å². The summed E-state index contributed by atoms with van der Waals surface area (Å²) in [5.41, 5.74) is 1.09. The topological polar surface area (TPSA) is 45.6 Å². The predicted octanol–water partition coefficient (Wildman–Crippen LogP) is 2.85. The molecule has 0 bridgehead atoms. The fourth-order valence-electron chi connectivity index (χ4n) is 3.70. The van der Waals surface area contributed by atoms with Crippen molar-refractivity contribution in [2.45, 2.75) is 19.1 Å². The van der Waals surface area contributed by atoms with E-state index in [0.717, 1.165) is 58.5 Å². The molecule has 0 aliphatic carbocycles. The van der Waals surface area contributed by atoms with Crippen LogP contribution in [0, 0.1) is 3.95 Å². The fourth-order valence-corrected chi connectivity index (χ4v) is 6.92. The average molecular weight is 418 g/mol. The minimum Gasteiger partial charge on any atom is -0.309 e. The number of piperazine rings is 1. The van der Waals surface area contributed by atoms with E-state index >= 15 is 0 Å². The van der Waals surface area contributed by atoms with Crippen molar-refractivity contribution < 1.29 is 8.42 Å². The van der Waals surface area contributed by atoms with Gasteiger partial charge in [0.25, 0.3) is 0 Å². The van der Waals surface area contributed by atoms with E-state index in [-0.39, 0.29) is 6.04 Å². The van der Waals surface area contributed by atoms with Gasteiger partial charge in [-0.25, -0.2) is 8.42 Å². The van der Waals surface area contributed by atoms with Gasteiger partial charge >= 0.3 is 0 Å². The third-order valence-corrected chi connectivity index (χ3v) is 8.52. The average Bonchev–Trinajstić information content (AvgIpc) is 3.08. The molecule has 0 amide bonds. The summed E-state index contributed by atoms with van der Waals surface area (Å²) in [5, 5.41) is 0.723. The van der Waals surface area contributed by atoms with Crippen LogP contribution in [0.15, 0.2) is 18.2 Å². The highest BCUT2D eigenvalue weighted by atomic mass is 35.5. The predicted molar refractivity (Wildman–Crippen MR) is 106 cm³/mol. The SMILES string of the molecule is O=S1(=O)CC[C@@H](N2CCN(Cn3c(=S)sc4ccc(Cl)cc43)CC2)C1. The first-order valence-electron chi connectivity index (χ1n) is 8.37. The van der Waals surface area contributed by atoms with Gasteiger partial charge in [0.2, 0.25) is 0 Å². The maximum absolute atomic E-state index is 11.7. The van der Waals surface area contributed by atoms with E-state index in [9.17, 15) is 8.42 Å². The molecule has 1 aromatic heterocycles. The molecule has 0 radical (unpaired) electrons. The number of thiazole rings is 1. The zero-order valence-corrected chi connectivity index (χ0v) is 16.9. The summed E-state index contributed by atoms with van der Waals surface area (Å²) in [6.07, 6.45) is 0.779. The van der Waals surface area contributed by atoms with E-state index in [0.29, 0.717) is 11.5 Å². The summed E-state index contributed by atoms with van der Waals surface area (Å²) in [4.78, 5) is 4.71. The van der Waals surface area contributed by atoms with Crippen molar-refractivity contribution in [2.75, 3.05) is 37.7 Å². The fraction of sp³-hybridized carbons (Fsp3) is 0.562. The number of rotatable bonds is 3. The Morgan fingerprint density at radius 3 is 2.68 bits per heavy atom. The Kier molecular flexibility index (Phi) is 4.94. The van der Waals surface area contributed by atoms with Crippen molar-refractivity contribution in [2.24, 2.45) is 0 Å². The minimum absolute atomic E-state index is 0.204. The second-order valence-electron chi connectivity index (χ2n) is 6.76. The summed E-state index contributed by atoms with van der Waals surface area (Å²) in [5.74, 6) is 0.667. The van der Waals surface area contributed by atoms with E-state index in [2.05, 4.69) is 14.4 Å². The molecule has 4 rings (SSSR count). The molecule has 0 N–H and O–H groups in total. The first-order valence-corrected chi connectivity index (χ1v) is 11.8. The smallest absolute Gasteiger partial charge is 0.163 e. The van der Waals surface area contributed by atoms with Crippen LogP contribution < -0.4 is 0 Å². The molecule has 2 fully saturated rings. The van der Waals surface area contributed by atoms with Crippen molar-refractivity contribution in [3.05, 3.63) is 27.2 Å². The second kappa shape index (κ2) is 6.90. The number of aromatic nitrogens is 1. The van der Waals surface area contributed by atoms with Crippen LogP contribution in [-0.2, 0) is 16.5 Å². The second-order valence-corrected chi connectivity index (χ2v) is 11.1. The largest absolute Gasteiger partial charge is 0.309 e. The lowest BCUT2D eigenvalue weighted by Gasteiger charge is -2.37. The molecule has 2 aromatic rings. The van der Waals surface area contributed by atoms with Gasteiger partial charge < -0.3 is 4.57 Å². The zero-order valence-electron chi connectivity index (χ0n) is 13.7. The van der Waals surface area contributed by atoms with Crippen LogP contribution in [0.2, 0.25) is 5.02 Å². The zero-order chi connectivity index (χ0) is 17.6. The van der Waals surface area contributed by atoms with Crippen molar-refractivity contribution in [1.82, 2.24) is 14.4 Å². The van der Waals surface area contributed by atoms with E-state index < -0.39 is 9.84 Å². The van der Waals surface area contributed by atoms with Crippen molar-refractivity contribution in [1.29, 1.82) is 0 Å². The van der Waals surface area contributed by atoms with Crippen molar-refractivity contribution in [3.8, 4) is 0 Å². The van der Waals surface area contributed by atoms with Gasteiger partial charge in [-0.2, -0.15) is 0 Å². The van der Waals surface area contributed by atoms with E-state index in [1.54, 1.807) is 11.3 Å². The van der Waals surface area contributed by atoms with Crippen LogP contribution in [0.5, 0.6) is 0 Å². The van der Waals surface area contributed by atoms with Gasteiger partial charge in [-0.15, -0.1) is 11.3 Å². The third kappa shape index (κ3) is 3.79. The molecule has 2 aliphatic heterocycles. The van der Waals surface area contributed by atoms with Crippen LogP contribution in [0.25, 0.3) is 10.2 Å². The van der Waals surface area contributed by atoms with Crippen LogP contribution in [0.1, 0.15) is 6.42 Å². The van der Waals surface area contributed by atoms with E-state index in [4.69, 9.17) is 23.8 Å². The summed E-state index contributed by atoms with van der Waals surface area (Å²) < 4.78 is 27.5. The van der Waals surface area contributed by atoms with Gasteiger partial charge in [-0.3, -0.25) is 9.80 Å². The molecule has 25 heavy (non-hydrogen) atoms. The number of benzene rings is 1. The summed E-state index contributed by atoms with van der Waals surface area (Å²) in [7, 11) is -2.82. The molecular weight excluding hydrogens is 398 g/mol. The summed E-state index contributed by atoms with van der Waals surface area (Å²) in [6.45, 7) is 4.44. The Bertz CT molecular complexity index is 945. The van der Waals surface area contributed by atoms with Gasteiger partial charge in [0.1, 0.15) is 0 Å². The van der Waals surface area contributed by atoms with Gasteiger partial charge in [0.15, 0.2) is 13.8 Å². The monoisotopic (exact) mass is 417 g/mol. The number of fused-ring (bicyclic) bond motifs is 1. The maximum Gasteiger partial charge on any atom is 0.163 e. The molecule has 0 saturated carbocycles. The highest BCUT2D eigenvalue weighted by Gasteiger charge is 2.33. The molecule has 0 unspecified atom stereocenters. The molecule has 1 aromatic carbocycles. The third-order valence-electron chi connectivity index (χ3n) is 5.10. The van der Waals surface area contributed by atoms with Crippen LogP contribution in [0.4, 0.5) is 0 Å². The molecule has 2 aliphatic rings.